The zero-order chi connectivity index (χ0) is 20.0. The highest BCUT2D eigenvalue weighted by Gasteiger charge is 2.25. The number of amides is 2. The first-order chi connectivity index (χ1) is 14.1. The van der Waals surface area contributed by atoms with E-state index in [0.717, 1.165) is 36.6 Å². The zero-order valence-corrected chi connectivity index (χ0v) is 16.5. The Morgan fingerprint density at radius 1 is 1.03 bits per heavy atom. The van der Waals surface area contributed by atoms with Crippen LogP contribution in [0, 0.1) is 5.92 Å². The molecule has 2 amide bonds. The number of anilines is 1. The van der Waals surface area contributed by atoms with E-state index >= 15 is 0 Å². The molecule has 1 saturated carbocycles. The van der Waals surface area contributed by atoms with Crippen LogP contribution in [0.1, 0.15) is 58.2 Å². The van der Waals surface area contributed by atoms with Crippen LogP contribution < -0.4 is 10.6 Å². The van der Waals surface area contributed by atoms with Crippen molar-refractivity contribution in [2.75, 3.05) is 5.32 Å². The summed E-state index contributed by atoms with van der Waals surface area (Å²) in [5.74, 6) is 0.334. The summed E-state index contributed by atoms with van der Waals surface area (Å²) in [6, 6.07) is 13.3. The molecule has 0 radical (unpaired) electrons. The Balaban J connectivity index is 1.42. The van der Waals surface area contributed by atoms with E-state index in [4.69, 9.17) is 0 Å². The molecule has 2 aliphatic rings. The summed E-state index contributed by atoms with van der Waals surface area (Å²) in [5, 5.41) is 7.06. The Kier molecular flexibility index (Phi) is 4.38. The largest absolute Gasteiger partial charge is 0.358 e. The van der Waals surface area contributed by atoms with Crippen LogP contribution >= 0.6 is 0 Å². The molecule has 0 aliphatic heterocycles. The Morgan fingerprint density at radius 2 is 1.86 bits per heavy atom. The van der Waals surface area contributed by atoms with Gasteiger partial charge in [0.2, 0.25) is 0 Å². The fourth-order valence-corrected chi connectivity index (χ4v) is 4.21. The fourth-order valence-electron chi connectivity index (χ4n) is 4.21. The van der Waals surface area contributed by atoms with Crippen LogP contribution in [0.15, 0.2) is 42.5 Å². The van der Waals surface area contributed by atoms with Crippen molar-refractivity contribution < 1.29 is 9.59 Å². The molecule has 2 aromatic carbocycles. The predicted molar refractivity (Wildman–Crippen MR) is 114 cm³/mol. The molecule has 0 saturated heterocycles. The van der Waals surface area contributed by atoms with Gasteiger partial charge in [-0.05, 0) is 73.9 Å². The second kappa shape index (κ2) is 7.07. The molecule has 1 heterocycles. The third-order valence-electron chi connectivity index (χ3n) is 6.03. The van der Waals surface area contributed by atoms with Crippen molar-refractivity contribution in [2.24, 2.45) is 5.92 Å². The van der Waals surface area contributed by atoms with Gasteiger partial charge in [0.1, 0.15) is 0 Å². The van der Waals surface area contributed by atoms with Crippen molar-refractivity contribution in [3.05, 3.63) is 64.8 Å². The maximum absolute atomic E-state index is 13.0. The lowest BCUT2D eigenvalue weighted by atomic mass is 9.87. The number of aromatic nitrogens is 1. The fraction of sp³-hybridized carbons (Fsp3) is 0.333. The van der Waals surface area contributed by atoms with Gasteiger partial charge in [0.15, 0.2) is 0 Å². The van der Waals surface area contributed by atoms with E-state index < -0.39 is 0 Å². The summed E-state index contributed by atoms with van der Waals surface area (Å²) >= 11 is 0. The molecule has 3 aromatic rings. The Bertz CT molecular complexity index is 1110. The monoisotopic (exact) mass is 387 g/mol. The first-order valence-corrected chi connectivity index (χ1v) is 10.4. The van der Waals surface area contributed by atoms with E-state index in [2.05, 4.69) is 22.5 Å². The molecular formula is C24H25N3O2. The predicted octanol–water partition coefficient (Wildman–Crippen LogP) is 4.44. The average Bonchev–Trinajstić information content (AvgIpc) is 3.46. The smallest absolute Gasteiger partial charge is 0.255 e. The minimum absolute atomic E-state index is 0.132. The Hall–Kier alpha value is -3.08. The van der Waals surface area contributed by atoms with Gasteiger partial charge >= 0.3 is 0 Å². The van der Waals surface area contributed by atoms with Crippen LogP contribution in [0.3, 0.4) is 0 Å². The lowest BCUT2D eigenvalue weighted by Crippen LogP contribution is -2.27. The molecule has 5 heteroatoms. The summed E-state index contributed by atoms with van der Waals surface area (Å²) in [6.07, 6.45) is 5.37. The lowest BCUT2D eigenvalue weighted by molar-refractivity contribution is 0.0952. The van der Waals surface area contributed by atoms with Crippen molar-refractivity contribution in [1.82, 2.24) is 10.3 Å². The van der Waals surface area contributed by atoms with Gasteiger partial charge in [-0.1, -0.05) is 19.1 Å². The highest BCUT2D eigenvalue weighted by Crippen LogP contribution is 2.32. The molecular weight excluding hydrogens is 362 g/mol. The molecule has 1 aromatic heterocycles. The first-order valence-electron chi connectivity index (χ1n) is 10.4. The Labute approximate surface area is 169 Å². The number of benzene rings is 2. The molecule has 5 rings (SSSR count). The average molecular weight is 387 g/mol. The highest BCUT2D eigenvalue weighted by atomic mass is 16.2. The van der Waals surface area contributed by atoms with Gasteiger partial charge in [-0.15, -0.1) is 0 Å². The topological polar surface area (TPSA) is 74.0 Å². The molecule has 29 heavy (non-hydrogen) atoms. The number of aromatic amines is 1. The molecule has 0 spiro atoms. The van der Waals surface area contributed by atoms with E-state index in [9.17, 15) is 9.59 Å². The van der Waals surface area contributed by atoms with Crippen LogP contribution in [-0.2, 0) is 12.8 Å². The number of aryl methyl sites for hydroxylation is 1. The SMILES string of the molecule is C[C@H]1CCc2[nH]c3ccc(C(=O)Nc4ccccc4C(=O)NC4CC4)cc3c2C1. The van der Waals surface area contributed by atoms with Gasteiger partial charge in [0.25, 0.3) is 11.8 Å². The van der Waals surface area contributed by atoms with Gasteiger partial charge in [-0.2, -0.15) is 0 Å². The maximum Gasteiger partial charge on any atom is 0.255 e. The van der Waals surface area contributed by atoms with Crippen LogP contribution in [-0.4, -0.2) is 22.8 Å². The number of hydrogen-bond acceptors (Lipinski definition) is 2. The summed E-state index contributed by atoms with van der Waals surface area (Å²) in [6.45, 7) is 2.28. The van der Waals surface area contributed by atoms with E-state index in [0.29, 0.717) is 22.7 Å². The summed E-state index contributed by atoms with van der Waals surface area (Å²) < 4.78 is 0. The minimum atomic E-state index is -0.197. The number of para-hydroxylation sites is 1. The Morgan fingerprint density at radius 3 is 2.69 bits per heavy atom. The van der Waals surface area contributed by atoms with E-state index in [1.54, 1.807) is 12.1 Å². The number of H-pyrrole nitrogens is 1. The molecule has 3 N–H and O–H groups in total. The van der Waals surface area contributed by atoms with Crippen LogP contribution in [0.25, 0.3) is 10.9 Å². The standard InChI is InChI=1S/C24H25N3O2/c1-14-6-10-21-18(12-14)19-13-15(7-11-22(19)26-21)23(28)27-20-5-3-2-4-17(20)24(29)25-16-8-9-16/h2-5,7,11,13-14,16,26H,6,8-10,12H2,1H3,(H,25,29)(H,27,28)/t14-/m0/s1. The molecule has 5 nitrogen and oxygen atoms in total. The van der Waals surface area contributed by atoms with E-state index in [1.165, 1.54) is 17.7 Å². The van der Waals surface area contributed by atoms with Crippen molar-refractivity contribution in [3.63, 3.8) is 0 Å². The lowest BCUT2D eigenvalue weighted by Gasteiger charge is -2.18. The van der Waals surface area contributed by atoms with Crippen molar-refractivity contribution in [2.45, 2.75) is 45.1 Å². The second-order valence-corrected chi connectivity index (χ2v) is 8.44. The highest BCUT2D eigenvalue weighted by molar-refractivity contribution is 6.10. The molecule has 1 atom stereocenters. The molecule has 148 valence electrons. The first kappa shape index (κ1) is 18.0. The summed E-state index contributed by atoms with van der Waals surface area (Å²) in [7, 11) is 0. The summed E-state index contributed by atoms with van der Waals surface area (Å²) in [4.78, 5) is 29.0. The van der Waals surface area contributed by atoms with Crippen LogP contribution in [0.2, 0.25) is 0 Å². The third-order valence-corrected chi connectivity index (χ3v) is 6.03. The van der Waals surface area contributed by atoms with Gasteiger partial charge in [-0.25, -0.2) is 0 Å². The third kappa shape index (κ3) is 3.53. The number of nitrogens with one attached hydrogen (secondary N) is 3. The van der Waals surface area contributed by atoms with E-state index in [1.807, 2.05) is 30.3 Å². The number of fused-ring (bicyclic) bond motifs is 3. The van der Waals surface area contributed by atoms with Crippen LogP contribution in [0.4, 0.5) is 5.69 Å². The maximum atomic E-state index is 13.0. The zero-order valence-electron chi connectivity index (χ0n) is 16.5. The van der Waals surface area contributed by atoms with Gasteiger partial charge in [0, 0.05) is 28.2 Å². The molecule has 0 unspecified atom stereocenters. The molecule has 1 fully saturated rings. The minimum Gasteiger partial charge on any atom is -0.358 e. The number of carbonyl (C=O) groups excluding carboxylic acids is 2. The number of hydrogen-bond donors (Lipinski definition) is 3. The van der Waals surface area contributed by atoms with Crippen molar-refractivity contribution in [3.8, 4) is 0 Å². The second-order valence-electron chi connectivity index (χ2n) is 8.44. The van der Waals surface area contributed by atoms with Gasteiger partial charge in [-0.3, -0.25) is 9.59 Å². The number of rotatable bonds is 4. The van der Waals surface area contributed by atoms with Crippen molar-refractivity contribution >= 4 is 28.4 Å². The van der Waals surface area contributed by atoms with Gasteiger partial charge in [0.05, 0.1) is 11.3 Å². The van der Waals surface area contributed by atoms with Gasteiger partial charge < -0.3 is 15.6 Å². The van der Waals surface area contributed by atoms with E-state index in [-0.39, 0.29) is 17.9 Å². The molecule has 2 aliphatic carbocycles. The van der Waals surface area contributed by atoms with Crippen LogP contribution in [0.5, 0.6) is 0 Å². The normalized spacial score (nSPS) is 18.3. The summed E-state index contributed by atoms with van der Waals surface area (Å²) in [5.41, 5.74) is 5.39. The quantitative estimate of drug-likeness (QED) is 0.619. The molecule has 0 bridgehead atoms. The van der Waals surface area contributed by atoms with Crippen molar-refractivity contribution in [1.29, 1.82) is 0 Å². The number of carbonyl (C=O) groups is 2.